The van der Waals surface area contributed by atoms with Crippen molar-refractivity contribution in [2.24, 2.45) is 0 Å². The van der Waals surface area contributed by atoms with E-state index in [1.54, 1.807) is 13.3 Å². The number of benzene rings is 1. The summed E-state index contributed by atoms with van der Waals surface area (Å²) >= 11 is 0. The monoisotopic (exact) mass is 258 g/mol. The molecule has 2 N–H and O–H groups in total. The predicted octanol–water partition coefficient (Wildman–Crippen LogP) is 2.68. The summed E-state index contributed by atoms with van der Waals surface area (Å²) in [5.41, 5.74) is 7.71. The Bertz CT molecular complexity index is 512. The number of methoxy groups -OCH3 is 1. The molecule has 19 heavy (non-hydrogen) atoms. The SMILES string of the molecule is COc1ccc(OCCCc2cnccc2N)cc1. The van der Waals surface area contributed by atoms with Crippen LogP contribution in [0.15, 0.2) is 42.7 Å². The zero-order valence-corrected chi connectivity index (χ0v) is 11.0. The van der Waals surface area contributed by atoms with Crippen LogP contribution in [0.2, 0.25) is 0 Å². The number of nitrogens with two attached hydrogens (primary N) is 1. The average molecular weight is 258 g/mol. The summed E-state index contributed by atoms with van der Waals surface area (Å²) in [6.45, 7) is 0.653. The first kappa shape index (κ1) is 13.2. The van der Waals surface area contributed by atoms with Gasteiger partial charge in [0.1, 0.15) is 11.5 Å². The second-order valence-corrected chi connectivity index (χ2v) is 4.20. The smallest absolute Gasteiger partial charge is 0.119 e. The first-order chi connectivity index (χ1) is 9.29. The summed E-state index contributed by atoms with van der Waals surface area (Å²) in [4.78, 5) is 4.07. The third kappa shape index (κ3) is 3.88. The molecule has 0 spiro atoms. The van der Waals surface area contributed by atoms with Crippen molar-refractivity contribution in [3.8, 4) is 11.5 Å². The molecule has 0 saturated carbocycles. The number of pyridine rings is 1. The van der Waals surface area contributed by atoms with E-state index in [1.165, 1.54) is 0 Å². The number of rotatable bonds is 6. The van der Waals surface area contributed by atoms with Gasteiger partial charge in [-0.3, -0.25) is 4.98 Å². The number of nitrogen functional groups attached to an aromatic ring is 1. The van der Waals surface area contributed by atoms with Crippen molar-refractivity contribution < 1.29 is 9.47 Å². The van der Waals surface area contributed by atoms with Crippen LogP contribution < -0.4 is 15.2 Å². The van der Waals surface area contributed by atoms with Crippen LogP contribution in [-0.2, 0) is 6.42 Å². The molecule has 100 valence electrons. The maximum atomic E-state index is 5.85. The minimum atomic E-state index is 0.653. The molecular weight excluding hydrogens is 240 g/mol. The van der Waals surface area contributed by atoms with E-state index in [-0.39, 0.29) is 0 Å². The number of nitrogens with zero attached hydrogens (tertiary/aromatic N) is 1. The number of ether oxygens (including phenoxy) is 2. The van der Waals surface area contributed by atoms with Gasteiger partial charge in [0.15, 0.2) is 0 Å². The quantitative estimate of drug-likeness (QED) is 0.809. The number of aryl methyl sites for hydroxylation is 1. The van der Waals surface area contributed by atoms with Gasteiger partial charge in [-0.05, 0) is 48.7 Å². The van der Waals surface area contributed by atoms with Crippen LogP contribution in [0, 0.1) is 0 Å². The Balaban J connectivity index is 1.76. The van der Waals surface area contributed by atoms with E-state index in [2.05, 4.69) is 4.98 Å². The van der Waals surface area contributed by atoms with E-state index in [9.17, 15) is 0 Å². The standard InChI is InChI=1S/C15H18N2O2/c1-18-13-4-6-14(7-5-13)19-10-2-3-12-11-17-9-8-15(12)16/h4-9,11H,2-3,10H2,1H3,(H2,16,17). The Morgan fingerprint density at radius 1 is 1.11 bits per heavy atom. The van der Waals surface area contributed by atoms with Gasteiger partial charge >= 0.3 is 0 Å². The molecule has 1 aromatic carbocycles. The fourth-order valence-corrected chi connectivity index (χ4v) is 1.77. The van der Waals surface area contributed by atoms with Crippen LogP contribution in [0.25, 0.3) is 0 Å². The fraction of sp³-hybridized carbons (Fsp3) is 0.267. The molecule has 0 unspecified atom stereocenters. The highest BCUT2D eigenvalue weighted by molar-refractivity contribution is 5.44. The lowest BCUT2D eigenvalue weighted by Gasteiger charge is -2.08. The van der Waals surface area contributed by atoms with Gasteiger partial charge in [0, 0.05) is 18.1 Å². The molecule has 4 heteroatoms. The first-order valence-electron chi connectivity index (χ1n) is 6.25. The molecule has 0 atom stereocenters. The third-order valence-corrected chi connectivity index (χ3v) is 2.86. The lowest BCUT2D eigenvalue weighted by Crippen LogP contribution is -2.01. The second kappa shape index (κ2) is 6.64. The van der Waals surface area contributed by atoms with Crippen molar-refractivity contribution in [3.05, 3.63) is 48.3 Å². The van der Waals surface area contributed by atoms with Gasteiger partial charge in [-0.15, -0.1) is 0 Å². The summed E-state index contributed by atoms with van der Waals surface area (Å²) in [6.07, 6.45) is 5.28. The normalized spacial score (nSPS) is 10.2. The highest BCUT2D eigenvalue weighted by Crippen LogP contribution is 2.17. The maximum Gasteiger partial charge on any atom is 0.119 e. The highest BCUT2D eigenvalue weighted by Gasteiger charge is 1.99. The summed E-state index contributed by atoms with van der Waals surface area (Å²) < 4.78 is 10.7. The zero-order valence-electron chi connectivity index (χ0n) is 11.0. The Kier molecular flexibility index (Phi) is 4.61. The lowest BCUT2D eigenvalue weighted by atomic mass is 10.1. The van der Waals surface area contributed by atoms with Gasteiger partial charge in [-0.2, -0.15) is 0 Å². The summed E-state index contributed by atoms with van der Waals surface area (Å²) in [5, 5.41) is 0. The van der Waals surface area contributed by atoms with Crippen LogP contribution in [0.1, 0.15) is 12.0 Å². The van der Waals surface area contributed by atoms with E-state index in [0.29, 0.717) is 6.61 Å². The van der Waals surface area contributed by atoms with E-state index >= 15 is 0 Å². The Hall–Kier alpha value is -2.23. The van der Waals surface area contributed by atoms with Crippen molar-refractivity contribution in [1.29, 1.82) is 0 Å². The third-order valence-electron chi connectivity index (χ3n) is 2.86. The van der Waals surface area contributed by atoms with E-state index in [0.717, 1.165) is 35.6 Å². The van der Waals surface area contributed by atoms with Crippen LogP contribution in [0.5, 0.6) is 11.5 Å². The molecule has 1 heterocycles. The van der Waals surface area contributed by atoms with E-state index in [1.807, 2.05) is 36.5 Å². The molecule has 0 saturated heterocycles. The van der Waals surface area contributed by atoms with Crippen LogP contribution in [0.3, 0.4) is 0 Å². The van der Waals surface area contributed by atoms with E-state index in [4.69, 9.17) is 15.2 Å². The predicted molar refractivity (Wildman–Crippen MR) is 75.5 cm³/mol. The Morgan fingerprint density at radius 3 is 2.53 bits per heavy atom. The Morgan fingerprint density at radius 2 is 1.84 bits per heavy atom. The molecule has 0 aliphatic carbocycles. The van der Waals surface area contributed by atoms with Gasteiger partial charge < -0.3 is 15.2 Å². The molecule has 2 aromatic rings. The molecule has 0 radical (unpaired) electrons. The zero-order chi connectivity index (χ0) is 13.5. The summed E-state index contributed by atoms with van der Waals surface area (Å²) in [7, 11) is 1.65. The van der Waals surface area contributed by atoms with Crippen molar-refractivity contribution in [2.75, 3.05) is 19.5 Å². The topological polar surface area (TPSA) is 57.4 Å². The van der Waals surface area contributed by atoms with Gasteiger partial charge in [-0.25, -0.2) is 0 Å². The van der Waals surface area contributed by atoms with Crippen molar-refractivity contribution >= 4 is 5.69 Å². The minimum absolute atomic E-state index is 0.653. The fourth-order valence-electron chi connectivity index (χ4n) is 1.77. The van der Waals surface area contributed by atoms with Gasteiger partial charge in [-0.1, -0.05) is 0 Å². The molecule has 0 aliphatic heterocycles. The molecule has 0 amide bonds. The van der Waals surface area contributed by atoms with Crippen molar-refractivity contribution in [2.45, 2.75) is 12.8 Å². The van der Waals surface area contributed by atoms with Gasteiger partial charge in [0.25, 0.3) is 0 Å². The number of hydrogen-bond donors (Lipinski definition) is 1. The van der Waals surface area contributed by atoms with E-state index < -0.39 is 0 Å². The molecular formula is C15H18N2O2. The molecule has 4 nitrogen and oxygen atoms in total. The molecule has 2 rings (SSSR count). The van der Waals surface area contributed by atoms with Crippen LogP contribution >= 0.6 is 0 Å². The maximum absolute atomic E-state index is 5.85. The molecule has 0 aliphatic rings. The summed E-state index contributed by atoms with van der Waals surface area (Å²) in [5.74, 6) is 1.68. The number of hydrogen-bond acceptors (Lipinski definition) is 4. The van der Waals surface area contributed by atoms with Gasteiger partial charge in [0.05, 0.1) is 13.7 Å². The minimum Gasteiger partial charge on any atom is -0.497 e. The van der Waals surface area contributed by atoms with Crippen molar-refractivity contribution in [1.82, 2.24) is 4.98 Å². The highest BCUT2D eigenvalue weighted by atomic mass is 16.5. The number of anilines is 1. The molecule has 1 aromatic heterocycles. The molecule has 0 fully saturated rings. The molecule has 0 bridgehead atoms. The number of aromatic nitrogens is 1. The Labute approximate surface area is 113 Å². The second-order valence-electron chi connectivity index (χ2n) is 4.20. The average Bonchev–Trinajstić information content (AvgIpc) is 2.46. The first-order valence-corrected chi connectivity index (χ1v) is 6.25. The largest absolute Gasteiger partial charge is 0.497 e. The lowest BCUT2D eigenvalue weighted by molar-refractivity contribution is 0.310. The van der Waals surface area contributed by atoms with Crippen molar-refractivity contribution in [3.63, 3.8) is 0 Å². The van der Waals surface area contributed by atoms with Crippen LogP contribution in [0.4, 0.5) is 5.69 Å². The summed E-state index contributed by atoms with van der Waals surface area (Å²) in [6, 6.07) is 9.39. The van der Waals surface area contributed by atoms with Gasteiger partial charge in [0.2, 0.25) is 0 Å². The van der Waals surface area contributed by atoms with Crippen LogP contribution in [-0.4, -0.2) is 18.7 Å².